The highest BCUT2D eigenvalue weighted by molar-refractivity contribution is 5.81. The minimum atomic E-state index is -1.01. The lowest BCUT2D eigenvalue weighted by Crippen LogP contribution is -2.35. The zero-order valence-electron chi connectivity index (χ0n) is 7.45. The first-order valence-corrected chi connectivity index (χ1v) is 4.52. The molecule has 0 atom stereocenters. The minimum absolute atomic E-state index is 0.234. The summed E-state index contributed by atoms with van der Waals surface area (Å²) in [4.78, 5) is 21.5. The average Bonchev–Trinajstić information content (AvgIpc) is 2.04. The van der Waals surface area contributed by atoms with Gasteiger partial charge in [0.05, 0.1) is 11.8 Å². The van der Waals surface area contributed by atoms with E-state index in [4.69, 9.17) is 10.2 Å². The van der Waals surface area contributed by atoms with Gasteiger partial charge in [-0.25, -0.2) is 0 Å². The number of carbonyl (C=O) groups is 2. The van der Waals surface area contributed by atoms with Gasteiger partial charge in [0, 0.05) is 0 Å². The first-order chi connectivity index (χ1) is 6.07. The van der Waals surface area contributed by atoms with E-state index in [2.05, 4.69) is 0 Å². The van der Waals surface area contributed by atoms with Crippen LogP contribution in [-0.4, -0.2) is 22.2 Å². The Labute approximate surface area is 76.6 Å². The summed E-state index contributed by atoms with van der Waals surface area (Å²) in [5.74, 6) is -1.96. The van der Waals surface area contributed by atoms with Gasteiger partial charge in [-0.05, 0) is 12.8 Å². The SMILES string of the molecule is O=C(O)CC1(C(=O)O)CCCCC1. The first-order valence-electron chi connectivity index (χ1n) is 4.52. The van der Waals surface area contributed by atoms with Crippen molar-refractivity contribution in [3.8, 4) is 0 Å². The molecule has 0 saturated heterocycles. The summed E-state index contributed by atoms with van der Waals surface area (Å²) in [5.41, 5.74) is -0.982. The highest BCUT2D eigenvalue weighted by atomic mass is 16.4. The second kappa shape index (κ2) is 3.77. The molecule has 0 amide bonds. The van der Waals surface area contributed by atoms with Crippen LogP contribution in [0.15, 0.2) is 0 Å². The summed E-state index contributed by atoms with van der Waals surface area (Å²) in [5, 5.41) is 17.6. The molecule has 0 spiro atoms. The van der Waals surface area contributed by atoms with E-state index in [-0.39, 0.29) is 6.42 Å². The molecule has 74 valence electrons. The molecule has 1 saturated carbocycles. The molecule has 0 bridgehead atoms. The molecular formula is C9H14O4. The van der Waals surface area contributed by atoms with Crippen LogP contribution in [0.1, 0.15) is 38.5 Å². The lowest BCUT2D eigenvalue weighted by Gasteiger charge is -2.31. The highest BCUT2D eigenvalue weighted by Gasteiger charge is 2.41. The van der Waals surface area contributed by atoms with Gasteiger partial charge >= 0.3 is 11.9 Å². The molecule has 0 aliphatic heterocycles. The second-order valence-corrected chi connectivity index (χ2v) is 3.72. The zero-order valence-corrected chi connectivity index (χ0v) is 7.45. The van der Waals surface area contributed by atoms with E-state index < -0.39 is 17.4 Å². The first kappa shape index (κ1) is 10.0. The summed E-state index contributed by atoms with van der Waals surface area (Å²) >= 11 is 0. The Morgan fingerprint density at radius 2 is 1.62 bits per heavy atom. The van der Waals surface area contributed by atoms with Crippen molar-refractivity contribution >= 4 is 11.9 Å². The van der Waals surface area contributed by atoms with Gasteiger partial charge in [-0.2, -0.15) is 0 Å². The summed E-state index contributed by atoms with van der Waals surface area (Å²) in [7, 11) is 0. The van der Waals surface area contributed by atoms with Gasteiger partial charge in [-0.3, -0.25) is 9.59 Å². The monoisotopic (exact) mass is 186 g/mol. The minimum Gasteiger partial charge on any atom is -0.481 e. The third kappa shape index (κ3) is 2.20. The molecule has 4 heteroatoms. The van der Waals surface area contributed by atoms with Crippen LogP contribution in [-0.2, 0) is 9.59 Å². The van der Waals surface area contributed by atoms with Gasteiger partial charge in [0.25, 0.3) is 0 Å². The molecule has 0 unspecified atom stereocenters. The van der Waals surface area contributed by atoms with Crippen LogP contribution in [0, 0.1) is 5.41 Å². The maximum Gasteiger partial charge on any atom is 0.310 e. The molecule has 0 radical (unpaired) electrons. The standard InChI is InChI=1S/C9H14O4/c10-7(11)6-9(8(12)13)4-2-1-3-5-9/h1-6H2,(H,10,11)(H,12,13). The zero-order chi connectivity index (χ0) is 9.90. The normalized spacial score (nSPS) is 20.9. The summed E-state index contributed by atoms with van der Waals surface area (Å²) in [6.07, 6.45) is 3.47. The van der Waals surface area contributed by atoms with Crippen molar-refractivity contribution in [3.63, 3.8) is 0 Å². The Bertz CT molecular complexity index is 216. The van der Waals surface area contributed by atoms with Gasteiger partial charge in [-0.1, -0.05) is 19.3 Å². The Kier molecular flexibility index (Phi) is 2.90. The van der Waals surface area contributed by atoms with Crippen LogP contribution in [0.25, 0.3) is 0 Å². The molecule has 0 aromatic carbocycles. The van der Waals surface area contributed by atoms with E-state index in [0.29, 0.717) is 12.8 Å². The van der Waals surface area contributed by atoms with E-state index in [0.717, 1.165) is 19.3 Å². The molecule has 0 aromatic rings. The quantitative estimate of drug-likeness (QED) is 0.700. The van der Waals surface area contributed by atoms with Gasteiger partial charge in [0.15, 0.2) is 0 Å². The van der Waals surface area contributed by atoms with Crippen LogP contribution in [0.3, 0.4) is 0 Å². The van der Waals surface area contributed by atoms with Gasteiger partial charge in [-0.15, -0.1) is 0 Å². The maximum atomic E-state index is 10.9. The smallest absolute Gasteiger partial charge is 0.310 e. The molecule has 1 rings (SSSR count). The van der Waals surface area contributed by atoms with Crippen molar-refractivity contribution in [2.75, 3.05) is 0 Å². The van der Waals surface area contributed by atoms with Crippen LogP contribution < -0.4 is 0 Å². The van der Waals surface area contributed by atoms with E-state index >= 15 is 0 Å². The molecule has 1 aliphatic carbocycles. The number of aliphatic carboxylic acids is 2. The number of hydrogen-bond donors (Lipinski definition) is 2. The third-order valence-electron chi connectivity index (χ3n) is 2.75. The number of carboxylic acids is 2. The van der Waals surface area contributed by atoms with E-state index in [1.165, 1.54) is 0 Å². The van der Waals surface area contributed by atoms with Crippen molar-refractivity contribution in [2.24, 2.45) is 5.41 Å². The van der Waals surface area contributed by atoms with Crippen molar-refractivity contribution < 1.29 is 19.8 Å². The molecule has 13 heavy (non-hydrogen) atoms. The summed E-state index contributed by atoms with van der Waals surface area (Å²) < 4.78 is 0. The molecule has 1 fully saturated rings. The number of rotatable bonds is 3. The van der Waals surface area contributed by atoms with Gasteiger partial charge in [0.2, 0.25) is 0 Å². The van der Waals surface area contributed by atoms with E-state index in [9.17, 15) is 9.59 Å². The lowest BCUT2D eigenvalue weighted by molar-refractivity contribution is -0.157. The Morgan fingerprint density at radius 3 is 2.00 bits per heavy atom. The molecule has 1 aliphatic rings. The predicted molar refractivity (Wildman–Crippen MR) is 45.4 cm³/mol. The van der Waals surface area contributed by atoms with Crippen LogP contribution in [0.5, 0.6) is 0 Å². The van der Waals surface area contributed by atoms with Crippen molar-refractivity contribution in [3.05, 3.63) is 0 Å². The van der Waals surface area contributed by atoms with Crippen LogP contribution >= 0.6 is 0 Å². The lowest BCUT2D eigenvalue weighted by atomic mass is 9.72. The number of hydrogen-bond acceptors (Lipinski definition) is 2. The predicted octanol–water partition coefficient (Wildman–Crippen LogP) is 1.50. The summed E-state index contributed by atoms with van der Waals surface area (Å²) in [6.45, 7) is 0. The van der Waals surface area contributed by atoms with Crippen LogP contribution in [0.2, 0.25) is 0 Å². The average molecular weight is 186 g/mol. The van der Waals surface area contributed by atoms with E-state index in [1.54, 1.807) is 0 Å². The Balaban J connectivity index is 2.73. The third-order valence-corrected chi connectivity index (χ3v) is 2.75. The summed E-state index contributed by atoms with van der Waals surface area (Å²) in [6, 6.07) is 0. The second-order valence-electron chi connectivity index (χ2n) is 3.72. The van der Waals surface area contributed by atoms with Crippen molar-refractivity contribution in [2.45, 2.75) is 38.5 Å². The van der Waals surface area contributed by atoms with Crippen molar-refractivity contribution in [1.82, 2.24) is 0 Å². The fourth-order valence-electron chi connectivity index (χ4n) is 1.98. The van der Waals surface area contributed by atoms with Crippen LogP contribution in [0.4, 0.5) is 0 Å². The Hall–Kier alpha value is -1.06. The highest BCUT2D eigenvalue weighted by Crippen LogP contribution is 2.39. The van der Waals surface area contributed by atoms with E-state index in [1.807, 2.05) is 0 Å². The molecule has 4 nitrogen and oxygen atoms in total. The van der Waals surface area contributed by atoms with Crippen molar-refractivity contribution in [1.29, 1.82) is 0 Å². The fraction of sp³-hybridized carbons (Fsp3) is 0.778. The molecule has 0 aromatic heterocycles. The largest absolute Gasteiger partial charge is 0.481 e. The fourth-order valence-corrected chi connectivity index (χ4v) is 1.98. The van der Waals surface area contributed by atoms with Gasteiger partial charge in [0.1, 0.15) is 0 Å². The Morgan fingerprint density at radius 1 is 1.08 bits per heavy atom. The molecular weight excluding hydrogens is 172 g/mol. The molecule has 2 N–H and O–H groups in total. The molecule has 0 heterocycles. The number of carboxylic acid groups (broad SMARTS) is 2. The topological polar surface area (TPSA) is 74.6 Å². The van der Waals surface area contributed by atoms with Gasteiger partial charge < -0.3 is 10.2 Å². The maximum absolute atomic E-state index is 10.9.